The fourth-order valence-corrected chi connectivity index (χ4v) is 3.23. The summed E-state index contributed by atoms with van der Waals surface area (Å²) in [5, 5.41) is 0. The van der Waals surface area contributed by atoms with Crippen molar-refractivity contribution in [2.24, 2.45) is 5.92 Å². The Balaban J connectivity index is 1.42. The van der Waals surface area contributed by atoms with Gasteiger partial charge in [0.2, 0.25) is 5.95 Å². The second-order valence-corrected chi connectivity index (χ2v) is 6.08. The van der Waals surface area contributed by atoms with Crippen LogP contribution in [0.2, 0.25) is 0 Å². The van der Waals surface area contributed by atoms with E-state index in [4.69, 9.17) is 5.73 Å². The minimum atomic E-state index is 0.363. The molecular weight excluding hydrogens is 272 g/mol. The third kappa shape index (κ3) is 3.97. The van der Waals surface area contributed by atoms with Crippen molar-refractivity contribution in [3.8, 4) is 0 Å². The van der Waals surface area contributed by atoms with Crippen molar-refractivity contribution in [3.05, 3.63) is 48.2 Å². The van der Waals surface area contributed by atoms with Crippen LogP contribution in [-0.4, -0.2) is 23.1 Å². The molecule has 22 heavy (non-hydrogen) atoms. The molecule has 0 saturated carbocycles. The molecule has 0 unspecified atom stereocenters. The molecule has 2 aromatic rings. The van der Waals surface area contributed by atoms with Gasteiger partial charge in [-0.3, -0.25) is 0 Å². The van der Waals surface area contributed by atoms with Gasteiger partial charge in [-0.25, -0.2) is 4.98 Å². The van der Waals surface area contributed by atoms with Gasteiger partial charge in [0, 0.05) is 19.3 Å². The van der Waals surface area contributed by atoms with Crippen LogP contribution in [0.3, 0.4) is 0 Å². The number of benzene rings is 1. The predicted molar refractivity (Wildman–Crippen MR) is 90.8 cm³/mol. The van der Waals surface area contributed by atoms with Crippen LogP contribution in [0, 0.1) is 5.92 Å². The summed E-state index contributed by atoms with van der Waals surface area (Å²) in [6.07, 6.45) is 8.05. The maximum atomic E-state index is 5.66. The summed E-state index contributed by atoms with van der Waals surface area (Å²) >= 11 is 0. The van der Waals surface area contributed by atoms with Crippen molar-refractivity contribution < 1.29 is 0 Å². The van der Waals surface area contributed by atoms with Crippen LogP contribution in [0.25, 0.3) is 0 Å². The van der Waals surface area contributed by atoms with Gasteiger partial charge in [0.05, 0.1) is 0 Å². The highest BCUT2D eigenvalue weighted by atomic mass is 15.2. The summed E-state index contributed by atoms with van der Waals surface area (Å²) in [6, 6.07) is 12.7. The topological polar surface area (TPSA) is 55.0 Å². The van der Waals surface area contributed by atoms with Gasteiger partial charge in [-0.05, 0) is 49.7 Å². The highest BCUT2D eigenvalue weighted by Crippen LogP contribution is 2.25. The Bertz CT molecular complexity index is 577. The maximum Gasteiger partial charge on any atom is 0.221 e. The number of nitrogens with zero attached hydrogens (tertiary/aromatic N) is 3. The Labute approximate surface area is 132 Å². The van der Waals surface area contributed by atoms with Crippen LogP contribution < -0.4 is 10.6 Å². The van der Waals surface area contributed by atoms with Crippen LogP contribution in [0.1, 0.15) is 31.2 Å². The Hall–Kier alpha value is -2.10. The minimum Gasteiger partial charge on any atom is -0.368 e. The Morgan fingerprint density at radius 2 is 1.86 bits per heavy atom. The molecule has 4 heteroatoms. The molecule has 0 atom stereocenters. The molecule has 1 saturated heterocycles. The van der Waals surface area contributed by atoms with E-state index in [-0.39, 0.29) is 0 Å². The summed E-state index contributed by atoms with van der Waals surface area (Å²) in [5.74, 6) is 2.18. The molecule has 0 spiro atoms. The number of hydrogen-bond donors (Lipinski definition) is 1. The molecule has 1 aromatic carbocycles. The fraction of sp³-hybridized carbons (Fsp3) is 0.444. The van der Waals surface area contributed by atoms with Crippen molar-refractivity contribution in [2.75, 3.05) is 23.7 Å². The van der Waals surface area contributed by atoms with E-state index in [2.05, 4.69) is 45.2 Å². The first-order chi connectivity index (χ1) is 10.8. The molecule has 2 N–H and O–H groups in total. The lowest BCUT2D eigenvalue weighted by Crippen LogP contribution is -2.34. The molecule has 0 amide bonds. The molecule has 0 bridgehead atoms. The summed E-state index contributed by atoms with van der Waals surface area (Å²) in [7, 11) is 0. The monoisotopic (exact) mass is 296 g/mol. The Morgan fingerprint density at radius 3 is 2.59 bits per heavy atom. The molecule has 1 aliphatic rings. The number of aromatic nitrogens is 2. The summed E-state index contributed by atoms with van der Waals surface area (Å²) in [4.78, 5) is 10.6. The Morgan fingerprint density at radius 1 is 1.09 bits per heavy atom. The number of piperidine rings is 1. The molecule has 2 heterocycles. The average molecular weight is 296 g/mol. The number of anilines is 2. The summed E-state index contributed by atoms with van der Waals surface area (Å²) in [5.41, 5.74) is 7.12. The number of hydrogen-bond acceptors (Lipinski definition) is 4. The van der Waals surface area contributed by atoms with E-state index in [0.29, 0.717) is 5.95 Å². The minimum absolute atomic E-state index is 0.363. The molecule has 1 aliphatic heterocycles. The molecule has 1 fully saturated rings. The van der Waals surface area contributed by atoms with Crippen LogP contribution in [0.15, 0.2) is 42.6 Å². The lowest BCUT2D eigenvalue weighted by Gasteiger charge is -2.32. The zero-order valence-corrected chi connectivity index (χ0v) is 13.0. The number of aryl methyl sites for hydroxylation is 1. The molecular formula is C18H24N4. The van der Waals surface area contributed by atoms with Gasteiger partial charge in [-0.15, -0.1) is 0 Å². The van der Waals surface area contributed by atoms with E-state index in [1.54, 1.807) is 6.20 Å². The van der Waals surface area contributed by atoms with Crippen LogP contribution in [0.5, 0.6) is 0 Å². The first-order valence-electron chi connectivity index (χ1n) is 8.18. The second-order valence-electron chi connectivity index (χ2n) is 6.08. The normalized spacial score (nSPS) is 15.9. The quantitative estimate of drug-likeness (QED) is 0.920. The second kappa shape index (κ2) is 7.25. The van der Waals surface area contributed by atoms with Crippen molar-refractivity contribution in [3.63, 3.8) is 0 Å². The van der Waals surface area contributed by atoms with Crippen molar-refractivity contribution >= 4 is 11.8 Å². The molecule has 1 aromatic heterocycles. The molecule has 0 aliphatic carbocycles. The smallest absolute Gasteiger partial charge is 0.221 e. The third-order valence-electron chi connectivity index (χ3n) is 4.52. The number of nitrogens with two attached hydrogens (primary N) is 1. The van der Waals surface area contributed by atoms with Gasteiger partial charge in [-0.1, -0.05) is 30.3 Å². The van der Waals surface area contributed by atoms with Crippen molar-refractivity contribution in [1.82, 2.24) is 9.97 Å². The first kappa shape index (κ1) is 14.8. The SMILES string of the molecule is Nc1nccc(N2CCC(CCCc3ccccc3)CC2)n1. The van der Waals surface area contributed by atoms with Crippen LogP contribution >= 0.6 is 0 Å². The highest BCUT2D eigenvalue weighted by Gasteiger charge is 2.20. The van der Waals surface area contributed by atoms with E-state index in [1.165, 1.54) is 37.7 Å². The van der Waals surface area contributed by atoms with E-state index >= 15 is 0 Å². The molecule has 3 rings (SSSR count). The lowest BCUT2D eigenvalue weighted by atomic mass is 9.91. The third-order valence-corrected chi connectivity index (χ3v) is 4.52. The van der Waals surface area contributed by atoms with Crippen molar-refractivity contribution in [2.45, 2.75) is 32.1 Å². The van der Waals surface area contributed by atoms with Gasteiger partial charge >= 0.3 is 0 Å². The standard InChI is InChI=1S/C18H24N4/c19-18-20-12-9-17(21-18)22-13-10-16(11-14-22)8-4-7-15-5-2-1-3-6-15/h1-3,5-6,9,12,16H,4,7-8,10-11,13-14H2,(H2,19,20,21). The Kier molecular flexibility index (Phi) is 4.88. The maximum absolute atomic E-state index is 5.66. The fourth-order valence-electron chi connectivity index (χ4n) is 3.23. The molecule has 0 radical (unpaired) electrons. The predicted octanol–water partition coefficient (Wildman–Crippen LogP) is 3.30. The van der Waals surface area contributed by atoms with Crippen molar-refractivity contribution in [1.29, 1.82) is 0 Å². The van der Waals surface area contributed by atoms with Crippen LogP contribution in [0.4, 0.5) is 11.8 Å². The summed E-state index contributed by atoms with van der Waals surface area (Å²) in [6.45, 7) is 2.15. The van der Waals surface area contributed by atoms with E-state index < -0.39 is 0 Å². The van der Waals surface area contributed by atoms with Gasteiger partial charge in [0.1, 0.15) is 5.82 Å². The van der Waals surface area contributed by atoms with E-state index in [9.17, 15) is 0 Å². The first-order valence-corrected chi connectivity index (χ1v) is 8.18. The lowest BCUT2D eigenvalue weighted by molar-refractivity contribution is 0.372. The largest absolute Gasteiger partial charge is 0.368 e. The zero-order chi connectivity index (χ0) is 15.2. The summed E-state index contributed by atoms with van der Waals surface area (Å²) < 4.78 is 0. The van der Waals surface area contributed by atoms with Crippen LogP contribution in [-0.2, 0) is 6.42 Å². The van der Waals surface area contributed by atoms with E-state index in [1.807, 2.05) is 6.07 Å². The van der Waals surface area contributed by atoms with Gasteiger partial charge in [-0.2, -0.15) is 4.98 Å². The van der Waals surface area contributed by atoms with Gasteiger partial charge in [0.25, 0.3) is 0 Å². The highest BCUT2D eigenvalue weighted by molar-refractivity contribution is 5.41. The van der Waals surface area contributed by atoms with E-state index in [0.717, 1.165) is 24.8 Å². The number of nitrogen functional groups attached to an aromatic ring is 1. The zero-order valence-electron chi connectivity index (χ0n) is 13.0. The van der Waals surface area contributed by atoms with Gasteiger partial charge in [0.15, 0.2) is 0 Å². The van der Waals surface area contributed by atoms with Gasteiger partial charge < -0.3 is 10.6 Å². The number of rotatable bonds is 5. The molecule has 4 nitrogen and oxygen atoms in total. The molecule has 116 valence electrons. The average Bonchev–Trinajstić information content (AvgIpc) is 2.56.